The summed E-state index contributed by atoms with van der Waals surface area (Å²) in [5.41, 5.74) is 1.89. The SMILES string of the molecule is C=CCN(C(=O)c1cccc(C)c1)C1CC(=O)N(c2ccc(OCC)cc2)C1=O. The van der Waals surface area contributed by atoms with Crippen molar-refractivity contribution in [1.29, 1.82) is 0 Å². The number of rotatable bonds is 7. The highest BCUT2D eigenvalue weighted by Gasteiger charge is 2.44. The van der Waals surface area contributed by atoms with Crippen molar-refractivity contribution in [3.63, 3.8) is 0 Å². The van der Waals surface area contributed by atoms with Crippen LogP contribution in [0.3, 0.4) is 0 Å². The molecule has 1 atom stereocenters. The molecule has 1 saturated heterocycles. The van der Waals surface area contributed by atoms with Gasteiger partial charge in [-0.3, -0.25) is 14.4 Å². The van der Waals surface area contributed by atoms with Gasteiger partial charge in [-0.05, 0) is 50.2 Å². The third kappa shape index (κ3) is 4.21. The Balaban J connectivity index is 1.87. The molecule has 1 fully saturated rings. The summed E-state index contributed by atoms with van der Waals surface area (Å²) < 4.78 is 5.41. The maximum absolute atomic E-state index is 13.1. The van der Waals surface area contributed by atoms with E-state index in [-0.39, 0.29) is 24.8 Å². The maximum Gasteiger partial charge on any atom is 0.257 e. The zero-order valence-electron chi connectivity index (χ0n) is 16.6. The average Bonchev–Trinajstić information content (AvgIpc) is 3.00. The van der Waals surface area contributed by atoms with E-state index in [9.17, 15) is 14.4 Å². The molecule has 1 heterocycles. The third-order valence-corrected chi connectivity index (χ3v) is 4.76. The lowest BCUT2D eigenvalue weighted by molar-refractivity contribution is -0.122. The Morgan fingerprint density at radius 3 is 2.59 bits per heavy atom. The molecule has 0 aliphatic carbocycles. The van der Waals surface area contributed by atoms with Crippen LogP contribution in [0.15, 0.2) is 61.2 Å². The fraction of sp³-hybridized carbons (Fsp3) is 0.261. The summed E-state index contributed by atoms with van der Waals surface area (Å²) >= 11 is 0. The Hall–Kier alpha value is -3.41. The van der Waals surface area contributed by atoms with Gasteiger partial charge in [0, 0.05) is 12.1 Å². The third-order valence-electron chi connectivity index (χ3n) is 4.76. The quantitative estimate of drug-likeness (QED) is 0.535. The van der Waals surface area contributed by atoms with Gasteiger partial charge in [-0.25, -0.2) is 4.90 Å². The lowest BCUT2D eigenvalue weighted by Gasteiger charge is -2.26. The number of benzene rings is 2. The van der Waals surface area contributed by atoms with Gasteiger partial charge in [0.15, 0.2) is 0 Å². The average molecular weight is 392 g/mol. The van der Waals surface area contributed by atoms with E-state index in [2.05, 4.69) is 6.58 Å². The number of imide groups is 1. The molecular formula is C23H24N2O4. The van der Waals surface area contributed by atoms with Crippen LogP contribution in [0.4, 0.5) is 5.69 Å². The summed E-state index contributed by atoms with van der Waals surface area (Å²) in [6, 6.07) is 13.1. The molecule has 2 aromatic carbocycles. The summed E-state index contributed by atoms with van der Waals surface area (Å²) in [5.74, 6) is -0.389. The second kappa shape index (κ2) is 8.73. The monoisotopic (exact) mass is 392 g/mol. The lowest BCUT2D eigenvalue weighted by atomic mass is 10.1. The van der Waals surface area contributed by atoms with Crippen molar-refractivity contribution in [3.05, 3.63) is 72.3 Å². The molecule has 0 saturated carbocycles. The van der Waals surface area contributed by atoms with Crippen LogP contribution in [0.5, 0.6) is 5.75 Å². The van der Waals surface area contributed by atoms with E-state index in [0.717, 1.165) is 10.5 Å². The van der Waals surface area contributed by atoms with Crippen molar-refractivity contribution in [1.82, 2.24) is 4.90 Å². The topological polar surface area (TPSA) is 66.9 Å². The molecule has 2 aromatic rings. The molecule has 0 bridgehead atoms. The first-order valence-electron chi connectivity index (χ1n) is 9.54. The number of nitrogens with zero attached hydrogens (tertiary/aromatic N) is 2. The van der Waals surface area contributed by atoms with E-state index in [0.29, 0.717) is 23.6 Å². The first kappa shape index (κ1) is 20.3. The summed E-state index contributed by atoms with van der Waals surface area (Å²) in [6.45, 7) is 8.17. The molecule has 6 heteroatoms. The van der Waals surface area contributed by atoms with Gasteiger partial charge in [0.2, 0.25) is 5.91 Å². The van der Waals surface area contributed by atoms with Crippen LogP contribution in [0.2, 0.25) is 0 Å². The van der Waals surface area contributed by atoms with Crippen molar-refractivity contribution in [3.8, 4) is 5.75 Å². The first-order valence-corrected chi connectivity index (χ1v) is 9.54. The van der Waals surface area contributed by atoms with Gasteiger partial charge in [-0.15, -0.1) is 6.58 Å². The van der Waals surface area contributed by atoms with Gasteiger partial charge in [0.1, 0.15) is 11.8 Å². The molecule has 0 spiro atoms. The van der Waals surface area contributed by atoms with E-state index in [4.69, 9.17) is 4.74 Å². The van der Waals surface area contributed by atoms with Crippen LogP contribution < -0.4 is 9.64 Å². The van der Waals surface area contributed by atoms with E-state index >= 15 is 0 Å². The minimum Gasteiger partial charge on any atom is -0.494 e. The molecule has 1 aliphatic rings. The van der Waals surface area contributed by atoms with Crippen LogP contribution in [0.1, 0.15) is 29.3 Å². The highest BCUT2D eigenvalue weighted by molar-refractivity contribution is 6.23. The van der Waals surface area contributed by atoms with Crippen molar-refractivity contribution < 1.29 is 19.1 Å². The van der Waals surface area contributed by atoms with E-state index in [1.807, 2.05) is 19.9 Å². The molecule has 29 heavy (non-hydrogen) atoms. The second-order valence-electron chi connectivity index (χ2n) is 6.83. The summed E-state index contributed by atoms with van der Waals surface area (Å²) in [7, 11) is 0. The minimum absolute atomic E-state index is 0.0581. The number of ether oxygens (including phenoxy) is 1. The van der Waals surface area contributed by atoms with Crippen molar-refractivity contribution in [2.75, 3.05) is 18.1 Å². The Bertz CT molecular complexity index is 936. The number of amides is 3. The molecule has 0 N–H and O–H groups in total. The molecule has 1 aliphatic heterocycles. The summed E-state index contributed by atoms with van der Waals surface area (Å²) in [4.78, 5) is 41.3. The zero-order valence-corrected chi connectivity index (χ0v) is 16.6. The molecule has 6 nitrogen and oxygen atoms in total. The number of hydrogen-bond donors (Lipinski definition) is 0. The molecule has 3 rings (SSSR count). The Morgan fingerprint density at radius 2 is 1.97 bits per heavy atom. The molecule has 0 radical (unpaired) electrons. The zero-order chi connectivity index (χ0) is 21.0. The molecule has 150 valence electrons. The smallest absolute Gasteiger partial charge is 0.257 e. The first-order chi connectivity index (χ1) is 14.0. The predicted octanol–water partition coefficient (Wildman–Crippen LogP) is 3.35. The van der Waals surface area contributed by atoms with E-state index < -0.39 is 11.9 Å². The lowest BCUT2D eigenvalue weighted by Crippen LogP contribution is -2.45. The van der Waals surface area contributed by atoms with Gasteiger partial charge >= 0.3 is 0 Å². The summed E-state index contributed by atoms with van der Waals surface area (Å²) in [6.07, 6.45) is 1.50. The number of hydrogen-bond acceptors (Lipinski definition) is 4. The van der Waals surface area contributed by atoms with Crippen molar-refractivity contribution >= 4 is 23.4 Å². The maximum atomic E-state index is 13.1. The van der Waals surface area contributed by atoms with Gasteiger partial charge in [0.25, 0.3) is 11.8 Å². The van der Waals surface area contributed by atoms with E-state index in [1.165, 1.54) is 4.90 Å². The van der Waals surface area contributed by atoms with Crippen LogP contribution >= 0.6 is 0 Å². The highest BCUT2D eigenvalue weighted by Crippen LogP contribution is 2.28. The van der Waals surface area contributed by atoms with Gasteiger partial charge in [-0.1, -0.05) is 23.8 Å². The van der Waals surface area contributed by atoms with Gasteiger partial charge in [-0.2, -0.15) is 0 Å². The van der Waals surface area contributed by atoms with E-state index in [1.54, 1.807) is 48.5 Å². The normalized spacial score (nSPS) is 16.1. The molecule has 1 unspecified atom stereocenters. The Labute approximate surface area is 170 Å². The van der Waals surface area contributed by atoms with Gasteiger partial charge in [0.05, 0.1) is 18.7 Å². The second-order valence-corrected chi connectivity index (χ2v) is 6.83. The fourth-order valence-corrected chi connectivity index (χ4v) is 3.42. The molecule has 0 aromatic heterocycles. The summed E-state index contributed by atoms with van der Waals surface area (Å²) in [5, 5.41) is 0. The number of carbonyl (C=O) groups is 3. The largest absolute Gasteiger partial charge is 0.494 e. The van der Waals surface area contributed by atoms with Crippen molar-refractivity contribution in [2.45, 2.75) is 26.3 Å². The Kier molecular flexibility index (Phi) is 6.12. The van der Waals surface area contributed by atoms with Crippen LogP contribution in [-0.2, 0) is 9.59 Å². The van der Waals surface area contributed by atoms with Crippen LogP contribution in [-0.4, -0.2) is 41.8 Å². The number of aryl methyl sites for hydroxylation is 1. The Morgan fingerprint density at radius 1 is 1.24 bits per heavy atom. The predicted molar refractivity (Wildman–Crippen MR) is 111 cm³/mol. The molecule has 3 amide bonds. The van der Waals surface area contributed by atoms with Crippen LogP contribution in [0.25, 0.3) is 0 Å². The minimum atomic E-state index is -0.861. The number of carbonyl (C=O) groups excluding carboxylic acids is 3. The van der Waals surface area contributed by atoms with Crippen molar-refractivity contribution in [2.24, 2.45) is 0 Å². The van der Waals surface area contributed by atoms with Gasteiger partial charge < -0.3 is 9.64 Å². The molecular weight excluding hydrogens is 368 g/mol. The number of anilines is 1. The fourth-order valence-electron chi connectivity index (χ4n) is 3.42. The van der Waals surface area contributed by atoms with Crippen LogP contribution in [0, 0.1) is 6.92 Å². The highest BCUT2D eigenvalue weighted by atomic mass is 16.5. The standard InChI is InChI=1S/C23H24N2O4/c1-4-13-24(22(27)17-8-6-7-16(3)14-17)20-15-21(26)25(23(20)28)18-9-11-19(12-10-18)29-5-2/h4,6-12,14,20H,1,5,13,15H2,2-3H3.